The quantitative estimate of drug-likeness (QED) is 0.632. The van der Waals surface area contributed by atoms with E-state index in [9.17, 15) is 0 Å². The Kier molecular flexibility index (Phi) is 4.12. The second kappa shape index (κ2) is 5.94. The van der Waals surface area contributed by atoms with Gasteiger partial charge in [0.1, 0.15) is 0 Å². The molecule has 2 heterocycles. The van der Waals surface area contributed by atoms with Crippen molar-refractivity contribution in [2.24, 2.45) is 0 Å². The van der Waals surface area contributed by atoms with Crippen molar-refractivity contribution in [3.8, 4) is 23.8 Å². The molecule has 3 atom stereocenters. The molecular formula is C20H25NO2. The van der Waals surface area contributed by atoms with Gasteiger partial charge < -0.3 is 14.4 Å². The SMILES string of the molecule is C#CC1Oc2c(OC)ccc3c2C1(C)CCN(C)C(CC=C)C3. The molecule has 0 saturated heterocycles. The van der Waals surface area contributed by atoms with Crippen LogP contribution < -0.4 is 9.47 Å². The molecule has 0 N–H and O–H groups in total. The van der Waals surface area contributed by atoms with Gasteiger partial charge >= 0.3 is 0 Å². The summed E-state index contributed by atoms with van der Waals surface area (Å²) in [6.07, 6.45) is 10.5. The van der Waals surface area contributed by atoms with Crippen molar-refractivity contribution in [1.29, 1.82) is 0 Å². The summed E-state index contributed by atoms with van der Waals surface area (Å²) in [4.78, 5) is 2.42. The second-order valence-corrected chi connectivity index (χ2v) is 6.83. The maximum absolute atomic E-state index is 6.15. The lowest BCUT2D eigenvalue weighted by Crippen LogP contribution is -2.43. The van der Waals surface area contributed by atoms with Crippen LogP contribution in [0.15, 0.2) is 24.8 Å². The fraction of sp³-hybridized carbons (Fsp3) is 0.500. The summed E-state index contributed by atoms with van der Waals surface area (Å²) in [5.41, 5.74) is 2.41. The molecule has 0 amide bonds. The normalized spacial score (nSPS) is 29.7. The van der Waals surface area contributed by atoms with Gasteiger partial charge in [0.15, 0.2) is 17.6 Å². The molecule has 0 aromatic heterocycles. The number of terminal acetylenes is 1. The highest BCUT2D eigenvalue weighted by molar-refractivity contribution is 5.59. The Bertz CT molecular complexity index is 660. The molecule has 0 bridgehead atoms. The first-order chi connectivity index (χ1) is 11.0. The van der Waals surface area contributed by atoms with E-state index in [1.54, 1.807) is 7.11 Å². The average Bonchev–Trinajstić information content (AvgIpc) is 2.85. The fourth-order valence-electron chi connectivity index (χ4n) is 3.99. The van der Waals surface area contributed by atoms with Gasteiger partial charge in [-0.05, 0) is 44.5 Å². The molecule has 0 saturated carbocycles. The molecule has 3 rings (SSSR count). The Balaban J connectivity index is 2.15. The van der Waals surface area contributed by atoms with Crippen LogP contribution in [-0.2, 0) is 11.8 Å². The van der Waals surface area contributed by atoms with Crippen molar-refractivity contribution in [2.75, 3.05) is 20.7 Å². The summed E-state index contributed by atoms with van der Waals surface area (Å²) in [6, 6.07) is 4.63. The van der Waals surface area contributed by atoms with Gasteiger partial charge in [-0.3, -0.25) is 0 Å². The number of likely N-dealkylation sites (N-methyl/N-ethyl adjacent to an activating group) is 1. The third-order valence-electron chi connectivity index (χ3n) is 5.47. The van der Waals surface area contributed by atoms with Crippen LogP contribution in [0, 0.1) is 12.3 Å². The van der Waals surface area contributed by atoms with Gasteiger partial charge in [0.2, 0.25) is 0 Å². The van der Waals surface area contributed by atoms with Crippen molar-refractivity contribution < 1.29 is 9.47 Å². The van der Waals surface area contributed by atoms with Crippen LogP contribution in [0.1, 0.15) is 30.9 Å². The summed E-state index contributed by atoms with van der Waals surface area (Å²) < 4.78 is 11.7. The predicted octanol–water partition coefficient (Wildman–Crippen LogP) is 3.17. The number of ether oxygens (including phenoxy) is 2. The van der Waals surface area contributed by atoms with Gasteiger partial charge in [-0.1, -0.05) is 25.0 Å². The van der Waals surface area contributed by atoms with E-state index in [2.05, 4.69) is 37.4 Å². The molecule has 0 fully saturated rings. The zero-order valence-electron chi connectivity index (χ0n) is 14.3. The lowest BCUT2D eigenvalue weighted by Gasteiger charge is -2.37. The fourth-order valence-corrected chi connectivity index (χ4v) is 3.99. The molecule has 2 aliphatic heterocycles. The molecule has 3 nitrogen and oxygen atoms in total. The highest BCUT2D eigenvalue weighted by Gasteiger charge is 2.48. The first kappa shape index (κ1) is 16.0. The monoisotopic (exact) mass is 311 g/mol. The van der Waals surface area contributed by atoms with Crippen molar-refractivity contribution in [3.05, 3.63) is 35.9 Å². The van der Waals surface area contributed by atoms with E-state index >= 15 is 0 Å². The Morgan fingerprint density at radius 3 is 3.00 bits per heavy atom. The molecule has 122 valence electrons. The molecule has 1 aromatic rings. The van der Waals surface area contributed by atoms with Crippen LogP contribution in [0.4, 0.5) is 0 Å². The van der Waals surface area contributed by atoms with E-state index in [4.69, 9.17) is 15.9 Å². The third-order valence-corrected chi connectivity index (χ3v) is 5.47. The number of rotatable bonds is 3. The molecule has 0 spiro atoms. The molecule has 3 unspecified atom stereocenters. The van der Waals surface area contributed by atoms with Crippen LogP contribution in [-0.4, -0.2) is 37.7 Å². The van der Waals surface area contributed by atoms with Gasteiger partial charge in [-0.25, -0.2) is 0 Å². The standard InChI is InChI=1S/C20H25NO2/c1-6-8-15-13-14-9-10-16(22-5)19-18(14)20(3,11-12-21(15)4)17(7-2)23-19/h2,6,9-10,15,17H,1,8,11-13H2,3-5H3. The lowest BCUT2D eigenvalue weighted by molar-refractivity contribution is 0.161. The van der Waals surface area contributed by atoms with Crippen LogP contribution in [0.25, 0.3) is 0 Å². The van der Waals surface area contributed by atoms with Gasteiger partial charge in [0, 0.05) is 17.0 Å². The van der Waals surface area contributed by atoms with E-state index in [-0.39, 0.29) is 11.5 Å². The number of benzene rings is 1. The third kappa shape index (κ3) is 2.42. The van der Waals surface area contributed by atoms with Gasteiger partial charge in [0.05, 0.1) is 7.11 Å². The highest BCUT2D eigenvalue weighted by atomic mass is 16.5. The molecule has 23 heavy (non-hydrogen) atoms. The topological polar surface area (TPSA) is 21.7 Å². The lowest BCUT2D eigenvalue weighted by atomic mass is 9.72. The number of nitrogens with zero attached hydrogens (tertiary/aromatic N) is 1. The molecule has 3 heteroatoms. The Labute approximate surface area is 139 Å². The Hall–Kier alpha value is -1.92. The highest BCUT2D eigenvalue weighted by Crippen LogP contribution is 2.52. The maximum Gasteiger partial charge on any atom is 0.168 e. The van der Waals surface area contributed by atoms with Crippen LogP contribution >= 0.6 is 0 Å². The minimum absolute atomic E-state index is 0.165. The Morgan fingerprint density at radius 2 is 2.35 bits per heavy atom. The summed E-state index contributed by atoms with van der Waals surface area (Å²) in [6.45, 7) is 7.14. The van der Waals surface area contributed by atoms with E-state index in [0.717, 1.165) is 37.3 Å². The maximum atomic E-state index is 6.15. The largest absolute Gasteiger partial charge is 0.493 e. The van der Waals surface area contributed by atoms with Crippen molar-refractivity contribution in [2.45, 2.75) is 43.7 Å². The minimum atomic E-state index is -0.239. The zero-order valence-corrected chi connectivity index (χ0v) is 14.3. The van der Waals surface area contributed by atoms with Crippen molar-refractivity contribution >= 4 is 0 Å². The van der Waals surface area contributed by atoms with Gasteiger partial charge in [0.25, 0.3) is 0 Å². The number of hydrogen-bond acceptors (Lipinski definition) is 3. The van der Waals surface area contributed by atoms with Crippen molar-refractivity contribution in [1.82, 2.24) is 4.90 Å². The average molecular weight is 311 g/mol. The molecule has 0 aliphatic carbocycles. The van der Waals surface area contributed by atoms with E-state index in [0.29, 0.717) is 6.04 Å². The van der Waals surface area contributed by atoms with Crippen LogP contribution in [0.2, 0.25) is 0 Å². The van der Waals surface area contributed by atoms with E-state index in [1.807, 2.05) is 12.1 Å². The van der Waals surface area contributed by atoms with Crippen molar-refractivity contribution in [3.63, 3.8) is 0 Å². The summed E-state index contributed by atoms with van der Waals surface area (Å²) >= 11 is 0. The summed E-state index contributed by atoms with van der Waals surface area (Å²) in [5.74, 6) is 4.48. The van der Waals surface area contributed by atoms with E-state index < -0.39 is 0 Å². The van der Waals surface area contributed by atoms with E-state index in [1.165, 1.54) is 11.1 Å². The number of hydrogen-bond donors (Lipinski definition) is 0. The molecule has 0 radical (unpaired) electrons. The number of methoxy groups -OCH3 is 1. The second-order valence-electron chi connectivity index (χ2n) is 6.83. The Morgan fingerprint density at radius 1 is 1.57 bits per heavy atom. The molecular weight excluding hydrogens is 286 g/mol. The first-order valence-corrected chi connectivity index (χ1v) is 8.19. The van der Waals surface area contributed by atoms with Gasteiger partial charge in [-0.15, -0.1) is 13.0 Å². The summed E-state index contributed by atoms with van der Waals surface area (Å²) in [7, 11) is 3.87. The molecule has 2 aliphatic rings. The zero-order chi connectivity index (χ0) is 16.6. The summed E-state index contributed by atoms with van der Waals surface area (Å²) in [5, 5.41) is 0. The first-order valence-electron chi connectivity index (χ1n) is 8.19. The van der Waals surface area contributed by atoms with Gasteiger partial charge in [-0.2, -0.15) is 0 Å². The molecule has 1 aromatic carbocycles. The van der Waals surface area contributed by atoms with Crippen LogP contribution in [0.3, 0.4) is 0 Å². The smallest absolute Gasteiger partial charge is 0.168 e. The predicted molar refractivity (Wildman–Crippen MR) is 93.1 cm³/mol. The van der Waals surface area contributed by atoms with Crippen LogP contribution in [0.5, 0.6) is 11.5 Å². The minimum Gasteiger partial charge on any atom is -0.493 e.